The fourth-order valence-electron chi connectivity index (χ4n) is 1.72. The number of phenols is 1. The standard InChI is InChI=1S/C14H16N2O2/c1-10-6-12(9-15-7-10)16-8-11-4-3-5-13(18-2)14(11)17/h3-7,9,16-17H,8H2,1-2H3. The molecule has 0 radical (unpaired) electrons. The summed E-state index contributed by atoms with van der Waals surface area (Å²) in [5.41, 5.74) is 2.81. The average Bonchev–Trinajstić information content (AvgIpc) is 2.38. The molecular formula is C14H16N2O2. The van der Waals surface area contributed by atoms with E-state index >= 15 is 0 Å². The summed E-state index contributed by atoms with van der Waals surface area (Å²) in [5.74, 6) is 0.657. The highest BCUT2D eigenvalue weighted by Gasteiger charge is 2.06. The quantitative estimate of drug-likeness (QED) is 0.868. The van der Waals surface area contributed by atoms with Crippen molar-refractivity contribution in [3.8, 4) is 11.5 Å². The molecule has 0 saturated heterocycles. The Hall–Kier alpha value is -2.23. The maximum absolute atomic E-state index is 9.94. The second-order valence-corrected chi connectivity index (χ2v) is 4.07. The SMILES string of the molecule is COc1cccc(CNc2cncc(C)c2)c1O. The van der Waals surface area contributed by atoms with Crippen LogP contribution in [0.25, 0.3) is 0 Å². The molecule has 2 aromatic rings. The zero-order chi connectivity index (χ0) is 13.0. The molecule has 0 saturated carbocycles. The number of phenolic OH excluding ortho intramolecular Hbond substituents is 1. The largest absolute Gasteiger partial charge is 0.504 e. The predicted molar refractivity (Wildman–Crippen MR) is 71.0 cm³/mol. The number of rotatable bonds is 4. The number of hydrogen-bond acceptors (Lipinski definition) is 4. The van der Waals surface area contributed by atoms with Crippen LogP contribution in [0, 0.1) is 6.92 Å². The van der Waals surface area contributed by atoms with Crippen molar-refractivity contribution < 1.29 is 9.84 Å². The molecule has 0 bridgehead atoms. The maximum atomic E-state index is 9.94. The lowest BCUT2D eigenvalue weighted by Gasteiger charge is -2.10. The average molecular weight is 244 g/mol. The van der Waals surface area contributed by atoms with Crippen molar-refractivity contribution in [2.75, 3.05) is 12.4 Å². The minimum atomic E-state index is 0.174. The minimum Gasteiger partial charge on any atom is -0.504 e. The molecule has 94 valence electrons. The first kappa shape index (κ1) is 12.2. The Kier molecular flexibility index (Phi) is 3.67. The Balaban J connectivity index is 2.11. The summed E-state index contributed by atoms with van der Waals surface area (Å²) in [6.45, 7) is 2.51. The summed E-state index contributed by atoms with van der Waals surface area (Å²) < 4.78 is 5.07. The third-order valence-corrected chi connectivity index (χ3v) is 2.66. The van der Waals surface area contributed by atoms with Crippen LogP contribution in [0.1, 0.15) is 11.1 Å². The van der Waals surface area contributed by atoms with Crippen molar-refractivity contribution in [3.63, 3.8) is 0 Å². The molecule has 0 aliphatic rings. The van der Waals surface area contributed by atoms with Gasteiger partial charge in [0.1, 0.15) is 0 Å². The topological polar surface area (TPSA) is 54.4 Å². The third-order valence-electron chi connectivity index (χ3n) is 2.66. The Morgan fingerprint density at radius 1 is 1.33 bits per heavy atom. The van der Waals surface area contributed by atoms with Gasteiger partial charge in [0.15, 0.2) is 11.5 Å². The van der Waals surface area contributed by atoms with Crippen molar-refractivity contribution in [1.29, 1.82) is 0 Å². The minimum absolute atomic E-state index is 0.174. The van der Waals surface area contributed by atoms with Crippen LogP contribution in [-0.4, -0.2) is 17.2 Å². The number of nitrogens with one attached hydrogen (secondary N) is 1. The summed E-state index contributed by atoms with van der Waals surface area (Å²) in [5, 5.41) is 13.2. The van der Waals surface area contributed by atoms with Crippen LogP contribution in [-0.2, 0) is 6.54 Å². The summed E-state index contributed by atoms with van der Waals surface area (Å²) in [7, 11) is 1.54. The molecule has 1 heterocycles. The molecule has 0 aliphatic carbocycles. The van der Waals surface area contributed by atoms with Crippen molar-refractivity contribution in [3.05, 3.63) is 47.8 Å². The van der Waals surface area contributed by atoms with Crippen LogP contribution in [0.2, 0.25) is 0 Å². The van der Waals surface area contributed by atoms with Crippen molar-refractivity contribution in [2.45, 2.75) is 13.5 Å². The molecule has 0 aliphatic heterocycles. The van der Waals surface area contributed by atoms with Gasteiger partial charge in [-0.05, 0) is 24.6 Å². The Bertz CT molecular complexity index is 541. The van der Waals surface area contributed by atoms with Crippen LogP contribution in [0.5, 0.6) is 11.5 Å². The third kappa shape index (κ3) is 2.71. The number of benzene rings is 1. The Morgan fingerprint density at radius 3 is 2.89 bits per heavy atom. The number of hydrogen-bond donors (Lipinski definition) is 2. The molecule has 1 aromatic carbocycles. The van der Waals surface area contributed by atoms with E-state index in [0.717, 1.165) is 16.8 Å². The first-order valence-corrected chi connectivity index (χ1v) is 5.71. The van der Waals surface area contributed by atoms with E-state index in [-0.39, 0.29) is 5.75 Å². The molecule has 0 spiro atoms. The number of pyridine rings is 1. The van der Waals surface area contributed by atoms with Crippen LogP contribution in [0.15, 0.2) is 36.7 Å². The number of methoxy groups -OCH3 is 1. The highest BCUT2D eigenvalue weighted by Crippen LogP contribution is 2.29. The summed E-state index contributed by atoms with van der Waals surface area (Å²) >= 11 is 0. The van der Waals surface area contributed by atoms with Gasteiger partial charge in [0, 0.05) is 24.5 Å². The van der Waals surface area contributed by atoms with Crippen LogP contribution in [0.4, 0.5) is 5.69 Å². The number of aromatic hydroxyl groups is 1. The lowest BCUT2D eigenvalue weighted by atomic mass is 10.2. The zero-order valence-electron chi connectivity index (χ0n) is 10.5. The molecule has 0 amide bonds. The van der Waals surface area contributed by atoms with Gasteiger partial charge in [0.25, 0.3) is 0 Å². The van der Waals surface area contributed by atoms with E-state index in [4.69, 9.17) is 4.74 Å². The molecule has 0 atom stereocenters. The molecule has 0 unspecified atom stereocenters. The van der Waals surface area contributed by atoms with E-state index in [1.807, 2.05) is 25.1 Å². The highest BCUT2D eigenvalue weighted by molar-refractivity contribution is 5.49. The van der Waals surface area contributed by atoms with Crippen LogP contribution < -0.4 is 10.1 Å². The Morgan fingerprint density at radius 2 is 2.17 bits per heavy atom. The molecule has 2 N–H and O–H groups in total. The van der Waals surface area contributed by atoms with E-state index in [2.05, 4.69) is 10.3 Å². The fraction of sp³-hybridized carbons (Fsp3) is 0.214. The summed E-state index contributed by atoms with van der Waals surface area (Å²) in [4.78, 5) is 4.10. The van der Waals surface area contributed by atoms with Gasteiger partial charge >= 0.3 is 0 Å². The van der Waals surface area contributed by atoms with Crippen LogP contribution in [0.3, 0.4) is 0 Å². The second kappa shape index (κ2) is 5.40. The Labute approximate surface area is 106 Å². The number of nitrogens with zero attached hydrogens (tertiary/aromatic N) is 1. The zero-order valence-corrected chi connectivity index (χ0v) is 10.5. The first-order chi connectivity index (χ1) is 8.70. The normalized spacial score (nSPS) is 10.1. The predicted octanol–water partition coefficient (Wildman–Crippen LogP) is 2.72. The number of anilines is 1. The van der Waals surface area contributed by atoms with Crippen molar-refractivity contribution >= 4 is 5.69 Å². The van der Waals surface area contributed by atoms with Gasteiger partial charge in [0.05, 0.1) is 12.8 Å². The van der Waals surface area contributed by atoms with Gasteiger partial charge in [-0.15, -0.1) is 0 Å². The second-order valence-electron chi connectivity index (χ2n) is 4.07. The molecule has 0 fully saturated rings. The van der Waals surface area contributed by atoms with Gasteiger partial charge in [0.2, 0.25) is 0 Å². The lowest BCUT2D eigenvalue weighted by molar-refractivity contribution is 0.371. The molecule has 4 nitrogen and oxygen atoms in total. The van der Waals surface area contributed by atoms with E-state index in [9.17, 15) is 5.11 Å². The molecule has 1 aromatic heterocycles. The highest BCUT2D eigenvalue weighted by atomic mass is 16.5. The van der Waals surface area contributed by atoms with Crippen LogP contribution >= 0.6 is 0 Å². The molecule has 4 heteroatoms. The van der Waals surface area contributed by atoms with Crippen molar-refractivity contribution in [1.82, 2.24) is 4.98 Å². The van der Waals surface area contributed by atoms with Gasteiger partial charge in [-0.25, -0.2) is 0 Å². The van der Waals surface area contributed by atoms with Gasteiger partial charge in [-0.3, -0.25) is 4.98 Å². The molecule has 2 rings (SSSR count). The van der Waals surface area contributed by atoms with E-state index in [1.165, 1.54) is 7.11 Å². The number of para-hydroxylation sites is 1. The van der Waals surface area contributed by atoms with Gasteiger partial charge < -0.3 is 15.2 Å². The smallest absolute Gasteiger partial charge is 0.162 e. The van der Waals surface area contributed by atoms with E-state index < -0.39 is 0 Å². The lowest BCUT2D eigenvalue weighted by Crippen LogP contribution is -2.01. The molecular weight excluding hydrogens is 228 g/mol. The first-order valence-electron chi connectivity index (χ1n) is 5.71. The summed E-state index contributed by atoms with van der Waals surface area (Å²) in [6.07, 6.45) is 3.55. The maximum Gasteiger partial charge on any atom is 0.162 e. The summed E-state index contributed by atoms with van der Waals surface area (Å²) in [6, 6.07) is 7.44. The van der Waals surface area contributed by atoms with E-state index in [0.29, 0.717) is 12.3 Å². The number of aryl methyl sites for hydroxylation is 1. The monoisotopic (exact) mass is 244 g/mol. The van der Waals surface area contributed by atoms with Gasteiger partial charge in [-0.1, -0.05) is 12.1 Å². The molecule has 18 heavy (non-hydrogen) atoms. The van der Waals surface area contributed by atoms with E-state index in [1.54, 1.807) is 18.5 Å². The number of ether oxygens (including phenoxy) is 1. The fourth-order valence-corrected chi connectivity index (χ4v) is 1.72. The van der Waals surface area contributed by atoms with Crippen molar-refractivity contribution in [2.24, 2.45) is 0 Å². The van der Waals surface area contributed by atoms with Gasteiger partial charge in [-0.2, -0.15) is 0 Å². The number of aromatic nitrogens is 1.